The van der Waals surface area contributed by atoms with Gasteiger partial charge in [0.05, 0.1) is 25.5 Å². The van der Waals surface area contributed by atoms with Crippen molar-refractivity contribution in [3.63, 3.8) is 0 Å². The van der Waals surface area contributed by atoms with E-state index in [1.807, 2.05) is 30.3 Å². The zero-order valence-corrected chi connectivity index (χ0v) is 19.7. The van der Waals surface area contributed by atoms with E-state index in [2.05, 4.69) is 59.2 Å². The molecular weight excluding hydrogens is 429 g/mol. The number of hydrogen-bond donors (Lipinski definition) is 0. The number of rotatable bonds is 6. The summed E-state index contributed by atoms with van der Waals surface area (Å²) in [5, 5.41) is 1.81. The third-order valence-electron chi connectivity index (χ3n) is 6.43. The average Bonchev–Trinajstić information content (AvgIpc) is 3.29. The summed E-state index contributed by atoms with van der Waals surface area (Å²) in [6.45, 7) is 6.13. The number of hydrogen-bond acceptors (Lipinski definition) is 5. The summed E-state index contributed by atoms with van der Waals surface area (Å²) < 4.78 is 20.4. The van der Waals surface area contributed by atoms with E-state index in [1.54, 1.807) is 12.1 Å². The van der Waals surface area contributed by atoms with Crippen LogP contribution in [0.3, 0.4) is 0 Å². The van der Waals surface area contributed by atoms with Crippen LogP contribution < -0.4 is 9.80 Å². The topological polar surface area (TPSA) is 28.2 Å². The van der Waals surface area contributed by atoms with Crippen molar-refractivity contribution in [2.45, 2.75) is 13.5 Å². The first-order valence-corrected chi connectivity index (χ1v) is 11.7. The highest BCUT2D eigenvalue weighted by molar-refractivity contribution is 5.75. The molecule has 0 N–H and O–H groups in total. The van der Waals surface area contributed by atoms with Crippen LogP contribution in [-0.2, 0) is 16.1 Å². The van der Waals surface area contributed by atoms with E-state index >= 15 is 0 Å². The van der Waals surface area contributed by atoms with Gasteiger partial charge in [-0.05, 0) is 54.5 Å². The van der Waals surface area contributed by atoms with Crippen molar-refractivity contribution >= 4 is 22.8 Å². The van der Waals surface area contributed by atoms with Crippen LogP contribution >= 0.6 is 0 Å². The Morgan fingerprint density at radius 3 is 2.47 bits per heavy atom. The largest absolute Gasteiger partial charge is 0.378 e. The molecule has 0 spiro atoms. The third kappa shape index (κ3) is 4.79. The first-order chi connectivity index (χ1) is 16.6. The summed E-state index contributed by atoms with van der Waals surface area (Å²) in [6, 6.07) is 22.0. The van der Waals surface area contributed by atoms with Crippen molar-refractivity contribution in [1.29, 1.82) is 0 Å². The third-order valence-corrected chi connectivity index (χ3v) is 6.43. The van der Waals surface area contributed by atoms with Crippen LogP contribution in [0.5, 0.6) is 0 Å². The first kappa shape index (κ1) is 22.4. The minimum atomic E-state index is -0.240. The zero-order chi connectivity index (χ0) is 23.5. The molecule has 2 aliphatic rings. The molecule has 0 radical (unpaired) electrons. The molecule has 0 aliphatic carbocycles. The Morgan fingerprint density at radius 1 is 0.941 bits per heavy atom. The highest BCUT2D eigenvalue weighted by atomic mass is 19.1. The Bertz CT molecular complexity index is 1180. The second kappa shape index (κ2) is 9.87. The second-order valence-electron chi connectivity index (χ2n) is 8.72. The summed E-state index contributed by atoms with van der Waals surface area (Å²) in [5.74, 6) is -0.240. The lowest BCUT2D eigenvalue weighted by Crippen LogP contribution is -2.36. The van der Waals surface area contributed by atoms with E-state index in [4.69, 9.17) is 9.57 Å². The van der Waals surface area contributed by atoms with Gasteiger partial charge in [0, 0.05) is 49.3 Å². The van der Waals surface area contributed by atoms with Gasteiger partial charge in [0.25, 0.3) is 0 Å². The molecule has 1 saturated heterocycles. The van der Waals surface area contributed by atoms with Crippen LogP contribution in [0.1, 0.15) is 16.7 Å². The molecule has 5 rings (SSSR count). The molecule has 2 aliphatic heterocycles. The molecule has 3 aromatic carbocycles. The van der Waals surface area contributed by atoms with Gasteiger partial charge in [-0.1, -0.05) is 36.4 Å². The van der Waals surface area contributed by atoms with Gasteiger partial charge in [-0.2, -0.15) is 0 Å². The van der Waals surface area contributed by atoms with Crippen molar-refractivity contribution in [3.05, 3.63) is 95.3 Å². The quantitative estimate of drug-likeness (QED) is 0.484. The normalized spacial score (nSPS) is 16.0. The lowest BCUT2D eigenvalue weighted by Gasteiger charge is -2.31. The summed E-state index contributed by atoms with van der Waals surface area (Å²) >= 11 is 0. The highest BCUT2D eigenvalue weighted by Crippen LogP contribution is 2.35. The average molecular weight is 460 g/mol. The number of halogens is 1. The van der Waals surface area contributed by atoms with Gasteiger partial charge in [0.2, 0.25) is 0 Å². The monoisotopic (exact) mass is 459 g/mol. The fourth-order valence-electron chi connectivity index (χ4n) is 4.58. The molecular formula is C28H30FN3O2. The van der Waals surface area contributed by atoms with Crippen molar-refractivity contribution in [1.82, 2.24) is 5.06 Å². The first-order valence-electron chi connectivity index (χ1n) is 11.7. The molecule has 0 atom stereocenters. The minimum absolute atomic E-state index is 0.240. The van der Waals surface area contributed by atoms with Gasteiger partial charge in [0.1, 0.15) is 5.82 Å². The Hall–Kier alpha value is -3.35. The second-order valence-corrected chi connectivity index (χ2v) is 8.72. The number of aryl methyl sites for hydroxylation is 1. The molecule has 2 heterocycles. The highest BCUT2D eigenvalue weighted by Gasteiger charge is 2.20. The molecule has 3 aromatic rings. The number of hydroxylamine groups is 2. The molecule has 5 nitrogen and oxygen atoms in total. The number of nitrogens with zero attached hydrogens (tertiary/aromatic N) is 3. The van der Waals surface area contributed by atoms with Crippen LogP contribution in [0.2, 0.25) is 0 Å². The number of benzene rings is 3. The van der Waals surface area contributed by atoms with E-state index in [0.29, 0.717) is 26.4 Å². The smallest absolute Gasteiger partial charge is 0.127 e. The predicted octanol–water partition coefficient (Wildman–Crippen LogP) is 5.53. The number of morpholine rings is 1. The molecule has 0 saturated carbocycles. The van der Waals surface area contributed by atoms with Crippen molar-refractivity contribution < 1.29 is 14.0 Å². The van der Waals surface area contributed by atoms with Crippen LogP contribution in [-0.4, -0.2) is 45.0 Å². The van der Waals surface area contributed by atoms with Gasteiger partial charge in [-0.3, -0.25) is 9.90 Å². The van der Waals surface area contributed by atoms with E-state index < -0.39 is 0 Å². The fraction of sp³-hybridized carbons (Fsp3) is 0.286. The Kier molecular flexibility index (Phi) is 6.52. The van der Waals surface area contributed by atoms with Gasteiger partial charge in [0.15, 0.2) is 0 Å². The van der Waals surface area contributed by atoms with Crippen molar-refractivity contribution in [3.8, 4) is 0 Å². The molecule has 34 heavy (non-hydrogen) atoms. The Morgan fingerprint density at radius 2 is 1.74 bits per heavy atom. The lowest BCUT2D eigenvalue weighted by atomic mass is 10.0. The van der Waals surface area contributed by atoms with Gasteiger partial charge in [-0.25, -0.2) is 4.39 Å². The molecule has 0 aromatic heterocycles. The minimum Gasteiger partial charge on any atom is -0.378 e. The van der Waals surface area contributed by atoms with E-state index in [0.717, 1.165) is 47.0 Å². The maximum Gasteiger partial charge on any atom is 0.127 e. The fourth-order valence-corrected chi connectivity index (χ4v) is 4.58. The molecule has 1 fully saturated rings. The Labute approximate surface area is 200 Å². The number of anilines is 3. The van der Waals surface area contributed by atoms with E-state index in [-0.39, 0.29) is 5.82 Å². The zero-order valence-electron chi connectivity index (χ0n) is 19.7. The maximum absolute atomic E-state index is 14.9. The predicted molar refractivity (Wildman–Crippen MR) is 135 cm³/mol. The van der Waals surface area contributed by atoms with E-state index in [1.165, 1.54) is 5.56 Å². The molecule has 6 heteroatoms. The van der Waals surface area contributed by atoms with Crippen LogP contribution in [0.4, 0.5) is 21.5 Å². The molecule has 0 bridgehead atoms. The van der Waals surface area contributed by atoms with Crippen molar-refractivity contribution in [2.75, 3.05) is 49.8 Å². The van der Waals surface area contributed by atoms with Crippen LogP contribution in [0.15, 0.2) is 72.8 Å². The lowest BCUT2D eigenvalue weighted by molar-refractivity contribution is -0.0581. The van der Waals surface area contributed by atoms with E-state index in [9.17, 15) is 4.39 Å². The molecule has 0 amide bonds. The van der Waals surface area contributed by atoms with Gasteiger partial charge in [-0.15, -0.1) is 0 Å². The molecule has 176 valence electrons. The maximum atomic E-state index is 14.9. The summed E-state index contributed by atoms with van der Waals surface area (Å²) in [6.07, 6.45) is 2.09. The Balaban J connectivity index is 1.58. The summed E-state index contributed by atoms with van der Waals surface area (Å²) in [4.78, 5) is 9.99. The van der Waals surface area contributed by atoms with Crippen molar-refractivity contribution in [2.24, 2.45) is 0 Å². The molecule has 0 unspecified atom stereocenters. The SMILES string of the molecule is Cc1ccc(N(Cc2ccccc2)c2cc(F)cc(N3CCOCC3)c2)cc1C1=CCON1C. The van der Waals surface area contributed by atoms with Gasteiger partial charge < -0.3 is 14.5 Å². The van der Waals surface area contributed by atoms with Crippen LogP contribution in [0, 0.1) is 12.7 Å². The van der Waals surface area contributed by atoms with Gasteiger partial charge >= 0.3 is 0 Å². The van der Waals surface area contributed by atoms with Crippen LogP contribution in [0.25, 0.3) is 5.70 Å². The number of ether oxygens (including phenoxy) is 1. The standard InChI is InChI=1S/C28H30FN3O2/c1-21-8-9-24(19-27(21)28-10-13-34-30(28)2)32(20-22-6-4-3-5-7-22)26-17-23(29)16-25(18-26)31-11-14-33-15-12-31/h3-10,16-19H,11-15,20H2,1-2H3. The summed E-state index contributed by atoms with van der Waals surface area (Å²) in [5.41, 5.74) is 7.19. The summed E-state index contributed by atoms with van der Waals surface area (Å²) in [7, 11) is 1.92.